The number of carbonyl (C=O) groups is 2. The third-order valence-corrected chi connectivity index (χ3v) is 7.47. The molecule has 206 valence electrons. The minimum atomic E-state index is -0.238. The highest BCUT2D eigenvalue weighted by Gasteiger charge is 2.11. The Morgan fingerprint density at radius 2 is 1.00 bits per heavy atom. The molecule has 2 amide bonds. The number of amides is 2. The second-order valence-corrected chi connectivity index (χ2v) is 11.3. The van der Waals surface area contributed by atoms with Crippen LogP contribution in [0.3, 0.4) is 0 Å². The van der Waals surface area contributed by atoms with E-state index in [4.69, 9.17) is 9.47 Å². The first-order chi connectivity index (χ1) is 19.1. The van der Waals surface area contributed by atoms with Crippen molar-refractivity contribution in [3.8, 4) is 22.6 Å². The fourth-order valence-corrected chi connectivity index (χ4v) is 5.29. The van der Waals surface area contributed by atoms with Gasteiger partial charge in [0.05, 0.1) is 8.95 Å². The fraction of sp³-hybridized carbons (Fsp3) is 0.188. The zero-order chi connectivity index (χ0) is 28.8. The molecule has 40 heavy (non-hydrogen) atoms. The van der Waals surface area contributed by atoms with Gasteiger partial charge in [-0.25, -0.2) is 0 Å². The summed E-state index contributed by atoms with van der Waals surface area (Å²) in [7, 11) is 0. The van der Waals surface area contributed by atoms with Crippen LogP contribution in [0, 0.1) is 27.7 Å². The van der Waals surface area contributed by atoms with Crippen LogP contribution in [0.1, 0.15) is 22.3 Å². The van der Waals surface area contributed by atoms with Gasteiger partial charge in [0.1, 0.15) is 11.5 Å². The molecule has 0 unspecified atom stereocenters. The van der Waals surface area contributed by atoms with Crippen LogP contribution < -0.4 is 20.1 Å². The number of hydrogen-bond donors (Lipinski definition) is 2. The minimum Gasteiger partial charge on any atom is -0.483 e. The Hall–Kier alpha value is -3.62. The summed E-state index contributed by atoms with van der Waals surface area (Å²) >= 11 is 6.92. The highest BCUT2D eigenvalue weighted by molar-refractivity contribution is 9.10. The predicted molar refractivity (Wildman–Crippen MR) is 167 cm³/mol. The van der Waals surface area contributed by atoms with Crippen LogP contribution in [0.4, 0.5) is 11.4 Å². The molecule has 0 aliphatic heterocycles. The van der Waals surface area contributed by atoms with E-state index in [0.29, 0.717) is 11.5 Å². The summed E-state index contributed by atoms with van der Waals surface area (Å²) in [6.07, 6.45) is 0. The van der Waals surface area contributed by atoms with Crippen LogP contribution in [0.5, 0.6) is 11.5 Å². The molecule has 4 aromatic rings. The first kappa shape index (κ1) is 29.4. The van der Waals surface area contributed by atoms with Gasteiger partial charge in [0.15, 0.2) is 13.2 Å². The van der Waals surface area contributed by atoms with Gasteiger partial charge in [-0.15, -0.1) is 0 Å². The Morgan fingerprint density at radius 1 is 0.600 bits per heavy atom. The van der Waals surface area contributed by atoms with Crippen LogP contribution in [-0.2, 0) is 9.59 Å². The van der Waals surface area contributed by atoms with E-state index < -0.39 is 0 Å². The number of halogens is 2. The summed E-state index contributed by atoms with van der Waals surface area (Å²) in [4.78, 5) is 25.0. The molecule has 4 aromatic carbocycles. The summed E-state index contributed by atoms with van der Waals surface area (Å²) in [5, 5.41) is 5.84. The largest absolute Gasteiger partial charge is 0.483 e. The smallest absolute Gasteiger partial charge is 0.262 e. The van der Waals surface area contributed by atoms with Crippen molar-refractivity contribution < 1.29 is 19.1 Å². The average Bonchev–Trinajstić information content (AvgIpc) is 2.90. The molecule has 0 aliphatic carbocycles. The highest BCUT2D eigenvalue weighted by Crippen LogP contribution is 2.29. The van der Waals surface area contributed by atoms with E-state index in [1.807, 2.05) is 100 Å². The lowest BCUT2D eigenvalue weighted by Gasteiger charge is -2.14. The number of carbonyl (C=O) groups excluding carboxylic acids is 2. The van der Waals surface area contributed by atoms with Crippen molar-refractivity contribution in [1.29, 1.82) is 0 Å². The molecular formula is C32H30Br2N2O4. The standard InChI is InChI=1S/C32H30Br2N2O4/c1-19-5-11-29(25(33)13-19)39-17-31(37)35-27-9-7-23(15-21(27)3)24-8-10-28(22(4)16-24)36-32(38)18-40-30-12-6-20(2)14-26(30)34/h5-16H,17-18H2,1-4H3,(H,35,37)(H,36,38). The summed E-state index contributed by atoms with van der Waals surface area (Å²) in [5.41, 5.74) is 7.51. The van der Waals surface area contributed by atoms with Gasteiger partial charge >= 0.3 is 0 Å². The number of hydrogen-bond acceptors (Lipinski definition) is 4. The van der Waals surface area contributed by atoms with Crippen molar-refractivity contribution in [2.45, 2.75) is 27.7 Å². The lowest BCUT2D eigenvalue weighted by molar-refractivity contribution is -0.118. The Bertz CT molecular complexity index is 1450. The number of nitrogens with one attached hydrogen (secondary N) is 2. The van der Waals surface area contributed by atoms with Gasteiger partial charge in [0, 0.05) is 11.4 Å². The number of aryl methyl sites for hydroxylation is 4. The molecule has 4 rings (SSSR count). The van der Waals surface area contributed by atoms with Gasteiger partial charge < -0.3 is 20.1 Å². The number of benzene rings is 4. The second-order valence-electron chi connectivity index (χ2n) is 9.60. The van der Waals surface area contributed by atoms with E-state index in [-0.39, 0.29) is 25.0 Å². The Morgan fingerprint density at radius 3 is 1.35 bits per heavy atom. The zero-order valence-electron chi connectivity index (χ0n) is 22.7. The first-order valence-corrected chi connectivity index (χ1v) is 14.3. The van der Waals surface area contributed by atoms with Crippen molar-refractivity contribution in [1.82, 2.24) is 0 Å². The van der Waals surface area contributed by atoms with Crippen LogP contribution in [-0.4, -0.2) is 25.0 Å². The second kappa shape index (κ2) is 13.2. The van der Waals surface area contributed by atoms with Crippen molar-refractivity contribution in [2.75, 3.05) is 23.8 Å². The molecule has 0 heterocycles. The first-order valence-electron chi connectivity index (χ1n) is 12.7. The number of rotatable bonds is 9. The van der Waals surface area contributed by atoms with Crippen LogP contribution in [0.2, 0.25) is 0 Å². The molecule has 0 fully saturated rings. The summed E-state index contributed by atoms with van der Waals surface area (Å²) in [5.74, 6) is 0.764. The number of anilines is 2. The van der Waals surface area contributed by atoms with Gasteiger partial charge in [0.25, 0.3) is 11.8 Å². The Balaban J connectivity index is 1.34. The maximum Gasteiger partial charge on any atom is 0.262 e. The summed E-state index contributed by atoms with van der Waals surface area (Å²) in [6.45, 7) is 7.69. The van der Waals surface area contributed by atoms with Gasteiger partial charge in [-0.2, -0.15) is 0 Å². The molecule has 0 spiro atoms. The summed E-state index contributed by atoms with van der Waals surface area (Å²) in [6, 6.07) is 23.2. The van der Waals surface area contributed by atoms with Crippen LogP contribution >= 0.6 is 31.9 Å². The molecule has 2 N–H and O–H groups in total. The maximum atomic E-state index is 12.5. The normalized spacial score (nSPS) is 10.7. The van der Waals surface area contributed by atoms with Gasteiger partial charge in [0.2, 0.25) is 0 Å². The van der Waals surface area contributed by atoms with Crippen molar-refractivity contribution in [3.05, 3.63) is 104 Å². The molecule has 6 nitrogen and oxygen atoms in total. The van der Waals surface area contributed by atoms with Crippen molar-refractivity contribution >= 4 is 55.0 Å². The van der Waals surface area contributed by atoms with E-state index in [9.17, 15) is 9.59 Å². The third-order valence-electron chi connectivity index (χ3n) is 6.23. The third kappa shape index (κ3) is 7.73. The predicted octanol–water partition coefficient (Wildman–Crippen LogP) is 8.15. The van der Waals surface area contributed by atoms with Gasteiger partial charge in [-0.05, 0) is 141 Å². The Labute approximate surface area is 251 Å². The van der Waals surface area contributed by atoms with E-state index in [2.05, 4.69) is 42.5 Å². The Kier molecular flexibility index (Phi) is 9.66. The quantitative estimate of drug-likeness (QED) is 0.189. The average molecular weight is 666 g/mol. The summed E-state index contributed by atoms with van der Waals surface area (Å²) < 4.78 is 12.9. The lowest BCUT2D eigenvalue weighted by Crippen LogP contribution is -2.21. The monoisotopic (exact) mass is 664 g/mol. The molecule has 0 saturated carbocycles. The molecule has 0 bridgehead atoms. The maximum absolute atomic E-state index is 12.5. The van der Waals surface area contributed by atoms with E-state index >= 15 is 0 Å². The number of ether oxygens (including phenoxy) is 2. The van der Waals surface area contributed by atoms with Crippen molar-refractivity contribution in [2.24, 2.45) is 0 Å². The zero-order valence-corrected chi connectivity index (χ0v) is 25.9. The fourth-order valence-electron chi connectivity index (χ4n) is 4.07. The molecule has 0 radical (unpaired) electrons. The van der Waals surface area contributed by atoms with E-state index in [0.717, 1.165) is 53.7 Å². The molecular weight excluding hydrogens is 636 g/mol. The minimum absolute atomic E-state index is 0.0947. The van der Waals surface area contributed by atoms with Gasteiger partial charge in [-0.1, -0.05) is 24.3 Å². The molecule has 0 saturated heterocycles. The van der Waals surface area contributed by atoms with Gasteiger partial charge in [-0.3, -0.25) is 9.59 Å². The van der Waals surface area contributed by atoms with Crippen molar-refractivity contribution in [3.63, 3.8) is 0 Å². The highest BCUT2D eigenvalue weighted by atomic mass is 79.9. The SMILES string of the molecule is Cc1ccc(OCC(=O)Nc2ccc(-c3ccc(NC(=O)COc4ccc(C)cc4Br)c(C)c3)cc2C)c(Br)c1. The lowest BCUT2D eigenvalue weighted by atomic mass is 10.00. The van der Waals surface area contributed by atoms with Crippen LogP contribution in [0.15, 0.2) is 81.7 Å². The molecule has 0 atom stereocenters. The molecule has 0 aliphatic rings. The van der Waals surface area contributed by atoms with Crippen LogP contribution in [0.25, 0.3) is 11.1 Å². The molecule has 8 heteroatoms. The van der Waals surface area contributed by atoms with E-state index in [1.165, 1.54) is 0 Å². The topological polar surface area (TPSA) is 76.7 Å². The van der Waals surface area contributed by atoms with E-state index in [1.54, 1.807) is 0 Å². The molecule has 0 aromatic heterocycles.